The first-order valence-corrected chi connectivity index (χ1v) is 6.18. The molecule has 0 bridgehead atoms. The highest BCUT2D eigenvalue weighted by Gasteiger charge is 2.19. The standard InChI is InChI=1S/C18H18/c1-3-18(4-2)14-12-17(13-15-18)11-10-16-8-6-5-7-9-16/h3-14H,1-2,15H2. The molecule has 0 unspecified atom stereocenters. The fraction of sp³-hybridized carbons (Fsp3) is 0.111. The molecule has 0 saturated carbocycles. The summed E-state index contributed by atoms with van der Waals surface area (Å²) in [5, 5.41) is 0. The van der Waals surface area contributed by atoms with Crippen LogP contribution in [0.25, 0.3) is 6.08 Å². The van der Waals surface area contributed by atoms with Crippen molar-refractivity contribution in [2.24, 2.45) is 5.41 Å². The second-order valence-corrected chi connectivity index (χ2v) is 4.51. The molecule has 90 valence electrons. The first-order chi connectivity index (χ1) is 8.78. The number of allylic oxidation sites excluding steroid dienone is 7. The Labute approximate surface area is 109 Å². The third-order valence-corrected chi connectivity index (χ3v) is 3.31. The van der Waals surface area contributed by atoms with Crippen molar-refractivity contribution in [3.8, 4) is 0 Å². The maximum Gasteiger partial charge on any atom is 0.0274 e. The first kappa shape index (κ1) is 12.4. The number of hydrogen-bond acceptors (Lipinski definition) is 0. The van der Waals surface area contributed by atoms with Gasteiger partial charge in [0.2, 0.25) is 0 Å². The monoisotopic (exact) mass is 234 g/mol. The molecule has 0 fully saturated rings. The molecule has 0 spiro atoms. The Morgan fingerprint density at radius 2 is 1.72 bits per heavy atom. The first-order valence-electron chi connectivity index (χ1n) is 6.18. The lowest BCUT2D eigenvalue weighted by atomic mass is 9.80. The van der Waals surface area contributed by atoms with Crippen LogP contribution < -0.4 is 0 Å². The average Bonchev–Trinajstić information content (AvgIpc) is 2.47. The zero-order valence-corrected chi connectivity index (χ0v) is 10.5. The number of rotatable bonds is 4. The number of benzene rings is 1. The van der Waals surface area contributed by atoms with Crippen molar-refractivity contribution >= 4 is 6.08 Å². The summed E-state index contributed by atoms with van der Waals surface area (Å²) < 4.78 is 0. The van der Waals surface area contributed by atoms with E-state index in [4.69, 9.17) is 0 Å². The molecule has 1 aliphatic rings. The van der Waals surface area contributed by atoms with Gasteiger partial charge in [-0.05, 0) is 17.6 Å². The molecule has 0 N–H and O–H groups in total. The summed E-state index contributed by atoms with van der Waals surface area (Å²) in [7, 11) is 0. The highest BCUT2D eigenvalue weighted by Crippen LogP contribution is 2.32. The van der Waals surface area contributed by atoms with Crippen LogP contribution in [0.15, 0.2) is 85.5 Å². The zero-order chi connectivity index (χ0) is 12.8. The zero-order valence-electron chi connectivity index (χ0n) is 10.5. The molecule has 0 heterocycles. The van der Waals surface area contributed by atoms with Gasteiger partial charge in [-0.3, -0.25) is 0 Å². The van der Waals surface area contributed by atoms with Crippen LogP contribution in [0.3, 0.4) is 0 Å². The van der Waals surface area contributed by atoms with Crippen LogP contribution in [0.4, 0.5) is 0 Å². The molecule has 0 aromatic heterocycles. The van der Waals surface area contributed by atoms with E-state index in [0.29, 0.717) is 0 Å². The summed E-state index contributed by atoms with van der Waals surface area (Å²) >= 11 is 0. The molecule has 0 atom stereocenters. The average molecular weight is 234 g/mol. The molecule has 18 heavy (non-hydrogen) atoms. The van der Waals surface area contributed by atoms with Crippen molar-refractivity contribution < 1.29 is 0 Å². The molecule has 0 amide bonds. The number of hydrogen-bond donors (Lipinski definition) is 0. The Morgan fingerprint density at radius 1 is 1.00 bits per heavy atom. The van der Waals surface area contributed by atoms with Crippen LogP contribution in [0.1, 0.15) is 12.0 Å². The van der Waals surface area contributed by atoms with Crippen molar-refractivity contribution in [3.05, 3.63) is 91.1 Å². The van der Waals surface area contributed by atoms with E-state index in [1.54, 1.807) is 0 Å². The van der Waals surface area contributed by atoms with E-state index < -0.39 is 0 Å². The lowest BCUT2D eigenvalue weighted by molar-refractivity contribution is 0.635. The summed E-state index contributed by atoms with van der Waals surface area (Å²) in [6.45, 7) is 7.75. The Balaban J connectivity index is 2.08. The second-order valence-electron chi connectivity index (χ2n) is 4.51. The van der Waals surface area contributed by atoms with Gasteiger partial charge in [0.1, 0.15) is 0 Å². The predicted octanol–water partition coefficient (Wildman–Crippen LogP) is 4.94. The van der Waals surface area contributed by atoms with Crippen LogP contribution >= 0.6 is 0 Å². The largest absolute Gasteiger partial charge is 0.102 e. The van der Waals surface area contributed by atoms with Crippen molar-refractivity contribution in [1.29, 1.82) is 0 Å². The summed E-state index contributed by atoms with van der Waals surface area (Å²) in [6, 6.07) is 10.3. The highest BCUT2D eigenvalue weighted by molar-refractivity contribution is 5.55. The van der Waals surface area contributed by atoms with Crippen molar-refractivity contribution in [1.82, 2.24) is 0 Å². The molecule has 0 radical (unpaired) electrons. The minimum absolute atomic E-state index is 0.0654. The molecule has 2 rings (SSSR count). The van der Waals surface area contributed by atoms with Crippen molar-refractivity contribution in [3.63, 3.8) is 0 Å². The smallest absolute Gasteiger partial charge is 0.0274 e. The minimum Gasteiger partial charge on any atom is -0.102 e. The van der Waals surface area contributed by atoms with Gasteiger partial charge in [0.25, 0.3) is 0 Å². The van der Waals surface area contributed by atoms with Crippen LogP contribution in [0.5, 0.6) is 0 Å². The Morgan fingerprint density at radius 3 is 2.28 bits per heavy atom. The third kappa shape index (κ3) is 2.78. The summed E-state index contributed by atoms with van der Waals surface area (Å²) in [6.07, 6.45) is 15.6. The van der Waals surface area contributed by atoms with Gasteiger partial charge in [-0.1, -0.05) is 72.9 Å². The van der Waals surface area contributed by atoms with E-state index in [1.807, 2.05) is 30.4 Å². The highest BCUT2D eigenvalue weighted by atomic mass is 14.2. The maximum absolute atomic E-state index is 3.88. The van der Waals surface area contributed by atoms with Gasteiger partial charge in [0.05, 0.1) is 0 Å². The van der Waals surface area contributed by atoms with Gasteiger partial charge < -0.3 is 0 Å². The topological polar surface area (TPSA) is 0 Å². The van der Waals surface area contributed by atoms with Gasteiger partial charge in [0, 0.05) is 5.41 Å². The maximum atomic E-state index is 3.88. The molecular weight excluding hydrogens is 216 g/mol. The van der Waals surface area contributed by atoms with E-state index >= 15 is 0 Å². The molecule has 1 aromatic rings. The molecule has 0 heteroatoms. The van der Waals surface area contributed by atoms with E-state index in [0.717, 1.165) is 6.42 Å². The van der Waals surface area contributed by atoms with Gasteiger partial charge in [-0.15, -0.1) is 13.2 Å². The van der Waals surface area contributed by atoms with Crippen molar-refractivity contribution in [2.45, 2.75) is 6.42 Å². The summed E-state index contributed by atoms with van der Waals surface area (Å²) in [5.74, 6) is 0. The lowest BCUT2D eigenvalue weighted by Gasteiger charge is -2.24. The quantitative estimate of drug-likeness (QED) is 0.647. The van der Waals surface area contributed by atoms with E-state index in [9.17, 15) is 0 Å². The Hall–Kier alpha value is -2.08. The minimum atomic E-state index is -0.0654. The van der Waals surface area contributed by atoms with Gasteiger partial charge in [0.15, 0.2) is 0 Å². The second kappa shape index (κ2) is 5.50. The summed E-state index contributed by atoms with van der Waals surface area (Å²) in [5.41, 5.74) is 2.39. The molecular formula is C18H18. The van der Waals surface area contributed by atoms with Gasteiger partial charge >= 0.3 is 0 Å². The van der Waals surface area contributed by atoms with Crippen LogP contribution in [-0.4, -0.2) is 0 Å². The van der Waals surface area contributed by atoms with Gasteiger partial charge in [-0.25, -0.2) is 0 Å². The fourth-order valence-electron chi connectivity index (χ4n) is 1.95. The van der Waals surface area contributed by atoms with Crippen LogP contribution in [-0.2, 0) is 0 Å². The van der Waals surface area contributed by atoms with Crippen LogP contribution in [0, 0.1) is 5.41 Å². The van der Waals surface area contributed by atoms with E-state index in [-0.39, 0.29) is 5.41 Å². The normalized spacial score (nSPS) is 17.4. The predicted molar refractivity (Wildman–Crippen MR) is 80.1 cm³/mol. The Bertz CT molecular complexity index is 504. The third-order valence-electron chi connectivity index (χ3n) is 3.31. The molecule has 1 aromatic carbocycles. The van der Waals surface area contributed by atoms with E-state index in [2.05, 4.69) is 55.7 Å². The molecule has 0 nitrogen and oxygen atoms in total. The van der Waals surface area contributed by atoms with Gasteiger partial charge in [-0.2, -0.15) is 0 Å². The molecule has 1 aliphatic carbocycles. The lowest BCUT2D eigenvalue weighted by Crippen LogP contribution is -2.11. The molecule has 0 aliphatic heterocycles. The SMILES string of the molecule is C=CC1(C=C)C=CC(C=Cc2ccccc2)=CC1. The van der Waals surface area contributed by atoms with Crippen LogP contribution in [0.2, 0.25) is 0 Å². The molecule has 0 saturated heterocycles. The van der Waals surface area contributed by atoms with Crippen molar-refractivity contribution in [2.75, 3.05) is 0 Å². The fourth-order valence-corrected chi connectivity index (χ4v) is 1.95. The summed E-state index contributed by atoms with van der Waals surface area (Å²) in [4.78, 5) is 0. The Kier molecular flexibility index (Phi) is 3.78. The van der Waals surface area contributed by atoms with E-state index in [1.165, 1.54) is 11.1 Å².